The maximum Gasteiger partial charge on any atom is 0.355 e. The van der Waals surface area contributed by atoms with Crippen LogP contribution in [0.2, 0.25) is 0 Å². The smallest absolute Gasteiger partial charge is 0.355 e. The van der Waals surface area contributed by atoms with Crippen LogP contribution in [-0.4, -0.2) is 101 Å². The topological polar surface area (TPSA) is 296 Å². The highest BCUT2D eigenvalue weighted by Gasteiger charge is 2.52. The van der Waals surface area contributed by atoms with Gasteiger partial charge in [-0.2, -0.15) is 0 Å². The molecule has 5 heterocycles. The Morgan fingerprint density at radius 1 is 1.00 bits per heavy atom. The number of aryl methyl sites for hydroxylation is 1. The number of carboxylic acid groups (broad SMARTS) is 1. The number of nitrogens with two attached hydrogens (primary N) is 1. The minimum Gasteiger partial charge on any atom is -0.508 e. The van der Waals surface area contributed by atoms with E-state index in [1.165, 1.54) is 30.5 Å². The molecule has 1 fully saturated rings. The van der Waals surface area contributed by atoms with Gasteiger partial charge in [-0.3, -0.25) is 14.4 Å². The van der Waals surface area contributed by atoms with Crippen molar-refractivity contribution in [1.29, 1.82) is 0 Å². The zero-order chi connectivity index (χ0) is 45.8. The number of pyridine rings is 2. The quantitative estimate of drug-likeness (QED) is 0.0833. The molecule has 19 nitrogen and oxygen atoms in total. The molecule has 8 N–H and O–H groups in total. The molecule has 3 aliphatic rings. The number of carbonyl (C=O) groups is 5. The van der Waals surface area contributed by atoms with E-state index in [-0.39, 0.29) is 53.7 Å². The van der Waals surface area contributed by atoms with Gasteiger partial charge in [-0.1, -0.05) is 34.6 Å². The zero-order valence-electron chi connectivity index (χ0n) is 35.0. The summed E-state index contributed by atoms with van der Waals surface area (Å²) in [5.74, 6) is -6.41. The van der Waals surface area contributed by atoms with Gasteiger partial charge in [-0.25, -0.2) is 19.4 Å². The Hall–Kier alpha value is -6.25. The van der Waals surface area contributed by atoms with E-state index in [9.17, 15) is 54.3 Å². The van der Waals surface area contributed by atoms with Crippen LogP contribution in [0.5, 0.6) is 11.5 Å². The second-order valence-electron chi connectivity index (χ2n) is 16.3. The Morgan fingerprint density at radius 2 is 1.73 bits per heavy atom. The number of nitrogens with one attached hydrogen (secondary N) is 1. The van der Waals surface area contributed by atoms with Crippen LogP contribution in [0.1, 0.15) is 80.1 Å². The fourth-order valence-corrected chi connectivity index (χ4v) is 8.23. The number of aliphatic carboxylic acids is 1. The van der Waals surface area contributed by atoms with Crippen LogP contribution >= 0.6 is 0 Å². The minimum atomic E-state index is -2.23. The number of ether oxygens (including phenoxy) is 4. The molecule has 0 radical (unpaired) electrons. The number of nitrogens with zero attached hydrogens (tertiary/aromatic N) is 2. The van der Waals surface area contributed by atoms with Crippen LogP contribution in [-0.2, 0) is 58.6 Å². The first kappa shape index (κ1) is 44.8. The molecule has 2 aromatic carbocycles. The summed E-state index contributed by atoms with van der Waals surface area (Å²) in [6.07, 6.45) is -10.2. The summed E-state index contributed by atoms with van der Waals surface area (Å²) in [6, 6.07) is 9.05. The number of amides is 1. The number of ketones is 1. The molecule has 19 heteroatoms. The van der Waals surface area contributed by atoms with Crippen molar-refractivity contribution >= 4 is 46.2 Å². The second-order valence-corrected chi connectivity index (χ2v) is 16.3. The van der Waals surface area contributed by atoms with Gasteiger partial charge in [0.15, 0.2) is 11.9 Å². The summed E-state index contributed by atoms with van der Waals surface area (Å²) in [6.45, 7) is 8.23. The van der Waals surface area contributed by atoms with Crippen molar-refractivity contribution < 1.29 is 68.5 Å². The van der Waals surface area contributed by atoms with Crippen LogP contribution < -0.4 is 21.3 Å². The summed E-state index contributed by atoms with van der Waals surface area (Å²) in [5, 5.41) is 54.8. The van der Waals surface area contributed by atoms with Crippen molar-refractivity contribution in [3.05, 3.63) is 80.6 Å². The standard InChI is InChI=1S/C44H48N4O15/c1-6-22-24-14-21(49)9-11-28(24)47-33-25(22)16-48-29(33)15-27-26(39(48)55)17-60-43(59)44(27,7-2)63-41(58)23-10-8-20(46-38(54)19(5)12-30(50)32(45)18(3)4)13-31(23)61-42-36(53)34(51)35(52)37(62-42)40(56)57/h8-11,13-15,18-19,32,34-37,42,49,51-53H,6-7,12,16-17,45H2,1-5H3,(H,46,54)(H,56,57)/t19-,32+,34+,35+,36-,37+,42-,44+/m1/s1. The molecule has 0 saturated carbocycles. The Labute approximate surface area is 359 Å². The number of aromatic hydroxyl groups is 1. The molecule has 8 atom stereocenters. The number of cyclic esters (lactones) is 1. The lowest BCUT2D eigenvalue weighted by Crippen LogP contribution is -2.61. The van der Waals surface area contributed by atoms with E-state index in [0.29, 0.717) is 28.7 Å². The Bertz CT molecular complexity index is 2610. The number of carbonyl (C=O) groups excluding carboxylic acids is 4. The van der Waals surface area contributed by atoms with E-state index in [2.05, 4.69) is 5.32 Å². The van der Waals surface area contributed by atoms with E-state index in [1.54, 1.807) is 32.0 Å². The first-order valence-electron chi connectivity index (χ1n) is 20.5. The SMILES string of the molecule is CCc1c2c(nc3ccc(O)cc13)-c1cc3c(c(=O)n1C2)COC(=O)[C@@]3(CC)OC(=O)c1ccc(NC(=O)[C@H](C)CC(=O)[C@@H](N)C(C)C)cc1O[C@@H]1O[C@H](C(=O)O)[C@@H](O)[C@H](O)[C@H]1O. The van der Waals surface area contributed by atoms with Crippen LogP contribution in [0, 0.1) is 11.8 Å². The Kier molecular flexibility index (Phi) is 12.2. The number of Topliss-reactive ketones (excluding diaryl/α,β-unsaturated/α-hetero) is 1. The van der Waals surface area contributed by atoms with Gasteiger partial charge in [-0.15, -0.1) is 0 Å². The van der Waals surface area contributed by atoms with E-state index in [4.69, 9.17) is 29.7 Å². The maximum absolute atomic E-state index is 14.5. The number of fused-ring (bicyclic) bond motifs is 5. The fourth-order valence-electron chi connectivity index (χ4n) is 8.23. The highest BCUT2D eigenvalue weighted by molar-refractivity contribution is 5.99. The van der Waals surface area contributed by atoms with E-state index in [1.807, 2.05) is 6.92 Å². The van der Waals surface area contributed by atoms with Gasteiger partial charge < -0.3 is 60.1 Å². The first-order valence-corrected chi connectivity index (χ1v) is 20.5. The lowest BCUT2D eigenvalue weighted by molar-refractivity contribution is -0.271. The molecule has 3 aliphatic heterocycles. The summed E-state index contributed by atoms with van der Waals surface area (Å²) in [7, 11) is 0. The third-order valence-electron chi connectivity index (χ3n) is 11.9. The Balaban J connectivity index is 1.27. The van der Waals surface area contributed by atoms with Crippen molar-refractivity contribution in [2.75, 3.05) is 5.32 Å². The molecular formula is C44H48N4O15. The monoisotopic (exact) mass is 872 g/mol. The summed E-state index contributed by atoms with van der Waals surface area (Å²) < 4.78 is 24.2. The first-order chi connectivity index (χ1) is 29.8. The zero-order valence-corrected chi connectivity index (χ0v) is 35.0. The minimum absolute atomic E-state index is 0.0174. The average Bonchev–Trinajstić information content (AvgIpc) is 3.61. The maximum atomic E-state index is 14.5. The number of phenolic OH excluding ortho intramolecular Hbond substituents is 1. The van der Waals surface area contributed by atoms with E-state index in [0.717, 1.165) is 23.3 Å². The summed E-state index contributed by atoms with van der Waals surface area (Å²) in [4.78, 5) is 85.4. The van der Waals surface area contributed by atoms with Gasteiger partial charge in [0.05, 0.1) is 35.1 Å². The van der Waals surface area contributed by atoms with Crippen LogP contribution in [0.15, 0.2) is 47.3 Å². The molecule has 334 valence electrons. The number of rotatable bonds is 13. The largest absolute Gasteiger partial charge is 0.508 e. The van der Waals surface area contributed by atoms with E-state index < -0.39 is 95.6 Å². The van der Waals surface area contributed by atoms with Crippen molar-refractivity contribution in [2.45, 2.75) is 109 Å². The van der Waals surface area contributed by atoms with Gasteiger partial charge in [-0.05, 0) is 60.7 Å². The second kappa shape index (κ2) is 17.1. The number of carboxylic acids is 1. The summed E-state index contributed by atoms with van der Waals surface area (Å²) in [5.41, 5.74) is 5.84. The number of phenols is 1. The number of esters is 2. The molecular weight excluding hydrogens is 824 g/mol. The third-order valence-corrected chi connectivity index (χ3v) is 11.9. The average molecular weight is 873 g/mol. The lowest BCUT2D eigenvalue weighted by atomic mass is 9.85. The molecule has 1 saturated heterocycles. The van der Waals surface area contributed by atoms with Crippen LogP contribution in [0.4, 0.5) is 5.69 Å². The van der Waals surface area contributed by atoms with Gasteiger partial charge in [0.2, 0.25) is 17.8 Å². The number of hydrogen-bond donors (Lipinski definition) is 7. The van der Waals surface area contributed by atoms with Gasteiger partial charge in [0, 0.05) is 40.6 Å². The van der Waals surface area contributed by atoms with Crippen LogP contribution in [0.25, 0.3) is 22.3 Å². The Morgan fingerprint density at radius 3 is 2.40 bits per heavy atom. The number of aliphatic hydroxyl groups excluding tert-OH is 3. The number of benzene rings is 2. The fraction of sp³-hybridized carbons (Fsp3) is 0.432. The molecule has 7 rings (SSSR count). The van der Waals surface area contributed by atoms with Gasteiger partial charge in [0.1, 0.15) is 42.0 Å². The van der Waals surface area contributed by atoms with Crippen LogP contribution in [0.3, 0.4) is 0 Å². The molecule has 0 spiro atoms. The molecule has 0 aliphatic carbocycles. The number of aliphatic hydroxyl groups is 3. The van der Waals surface area contributed by atoms with Crippen molar-refractivity contribution in [3.8, 4) is 22.9 Å². The lowest BCUT2D eigenvalue weighted by Gasteiger charge is -2.38. The van der Waals surface area contributed by atoms with Crippen molar-refractivity contribution in [2.24, 2.45) is 17.6 Å². The molecule has 1 amide bonds. The predicted molar refractivity (Wildman–Crippen MR) is 220 cm³/mol. The molecule has 0 unspecified atom stereocenters. The number of hydrogen-bond acceptors (Lipinski definition) is 16. The molecule has 63 heavy (non-hydrogen) atoms. The van der Waals surface area contributed by atoms with E-state index >= 15 is 0 Å². The van der Waals surface area contributed by atoms with Gasteiger partial charge >= 0.3 is 17.9 Å². The summed E-state index contributed by atoms with van der Waals surface area (Å²) >= 11 is 0. The molecule has 4 aromatic rings. The van der Waals surface area contributed by atoms with Gasteiger partial charge in [0.25, 0.3) is 5.56 Å². The molecule has 0 bridgehead atoms. The van der Waals surface area contributed by atoms with Crippen molar-refractivity contribution in [3.63, 3.8) is 0 Å². The normalized spacial score (nSPS) is 23.5. The van der Waals surface area contributed by atoms with Crippen molar-refractivity contribution in [1.82, 2.24) is 9.55 Å². The number of aromatic nitrogens is 2. The number of anilines is 1. The third kappa shape index (κ3) is 7.90. The highest BCUT2D eigenvalue weighted by Crippen LogP contribution is 2.43. The predicted octanol–water partition coefficient (Wildman–Crippen LogP) is 2.00. The highest BCUT2D eigenvalue weighted by atomic mass is 16.7. The molecule has 2 aromatic heterocycles.